The molecule has 1 atom stereocenters. The molecular formula is C16H19F3N2O2. The molecule has 1 heterocycles. The first kappa shape index (κ1) is 17.3. The van der Waals surface area contributed by atoms with Crippen molar-refractivity contribution in [1.29, 1.82) is 0 Å². The zero-order valence-corrected chi connectivity index (χ0v) is 13.0. The van der Waals surface area contributed by atoms with Gasteiger partial charge in [0.2, 0.25) is 5.91 Å². The lowest BCUT2D eigenvalue weighted by atomic mass is 9.88. The first-order valence-electron chi connectivity index (χ1n) is 7.34. The Labute approximate surface area is 132 Å². The van der Waals surface area contributed by atoms with Crippen molar-refractivity contribution in [1.82, 2.24) is 10.2 Å². The Morgan fingerprint density at radius 3 is 2.39 bits per heavy atom. The molecule has 126 valence electrons. The zero-order chi connectivity index (χ0) is 17.3. The van der Waals surface area contributed by atoms with Gasteiger partial charge in [0.25, 0.3) is 5.91 Å². The van der Waals surface area contributed by atoms with Crippen LogP contribution in [0.4, 0.5) is 13.2 Å². The highest BCUT2D eigenvalue weighted by Crippen LogP contribution is 2.44. The minimum atomic E-state index is -4.34. The highest BCUT2D eigenvalue weighted by atomic mass is 19.4. The first-order valence-corrected chi connectivity index (χ1v) is 7.34. The van der Waals surface area contributed by atoms with Crippen LogP contribution in [0.5, 0.6) is 0 Å². The van der Waals surface area contributed by atoms with E-state index in [-0.39, 0.29) is 19.5 Å². The highest BCUT2D eigenvalue weighted by Gasteiger charge is 2.56. The Morgan fingerprint density at radius 2 is 1.87 bits per heavy atom. The number of hydrogen-bond donors (Lipinski definition) is 1. The van der Waals surface area contributed by atoms with E-state index in [4.69, 9.17) is 0 Å². The fraction of sp³-hybridized carbons (Fsp3) is 0.500. The summed E-state index contributed by atoms with van der Waals surface area (Å²) in [6, 6.07) is 8.33. The number of carbonyl (C=O) groups excluding carboxylic acids is 2. The van der Waals surface area contributed by atoms with Crippen LogP contribution in [0.2, 0.25) is 0 Å². The Balaban J connectivity index is 1.98. The number of rotatable bonds is 3. The van der Waals surface area contributed by atoms with Crippen molar-refractivity contribution in [2.24, 2.45) is 5.92 Å². The first-order chi connectivity index (χ1) is 10.6. The van der Waals surface area contributed by atoms with Crippen LogP contribution in [-0.4, -0.2) is 41.5 Å². The number of amides is 2. The number of carbonyl (C=O) groups is 2. The van der Waals surface area contributed by atoms with Crippen LogP contribution in [-0.2, 0) is 4.79 Å². The van der Waals surface area contributed by atoms with Gasteiger partial charge < -0.3 is 10.2 Å². The van der Waals surface area contributed by atoms with Crippen LogP contribution in [0.15, 0.2) is 30.3 Å². The predicted octanol–water partition coefficient (Wildman–Crippen LogP) is 2.61. The number of nitrogens with one attached hydrogen (secondary N) is 1. The molecular weight excluding hydrogens is 309 g/mol. The Morgan fingerprint density at radius 1 is 1.26 bits per heavy atom. The molecule has 1 aromatic rings. The van der Waals surface area contributed by atoms with E-state index < -0.39 is 29.4 Å². The minimum absolute atomic E-state index is 0.0389. The standard InChI is InChI=1S/C16H19F3N2O2/c1-15(2)12(16(17,18)19)8-9-21(15)13(22)10-20-14(23)11-6-4-3-5-7-11/h3-7,12H,8-10H2,1-2H3,(H,20,23). The van der Waals surface area contributed by atoms with Gasteiger partial charge in [-0.25, -0.2) is 0 Å². The number of halogens is 3. The molecule has 1 aliphatic heterocycles. The van der Waals surface area contributed by atoms with Crippen molar-refractivity contribution in [3.8, 4) is 0 Å². The zero-order valence-electron chi connectivity index (χ0n) is 13.0. The van der Waals surface area contributed by atoms with Gasteiger partial charge in [-0.1, -0.05) is 18.2 Å². The fourth-order valence-electron chi connectivity index (χ4n) is 3.04. The van der Waals surface area contributed by atoms with Gasteiger partial charge in [-0.15, -0.1) is 0 Å². The van der Waals surface area contributed by atoms with Crippen molar-refractivity contribution in [3.05, 3.63) is 35.9 Å². The summed E-state index contributed by atoms with van der Waals surface area (Å²) >= 11 is 0. The molecule has 1 fully saturated rings. The van der Waals surface area contributed by atoms with Crippen LogP contribution in [0, 0.1) is 5.92 Å². The smallest absolute Gasteiger partial charge is 0.343 e. The maximum absolute atomic E-state index is 13.0. The van der Waals surface area contributed by atoms with Crippen molar-refractivity contribution < 1.29 is 22.8 Å². The summed E-state index contributed by atoms with van der Waals surface area (Å²) in [4.78, 5) is 25.3. The van der Waals surface area contributed by atoms with E-state index in [1.54, 1.807) is 30.3 Å². The van der Waals surface area contributed by atoms with Gasteiger partial charge >= 0.3 is 6.18 Å². The molecule has 0 saturated carbocycles. The molecule has 1 saturated heterocycles. The van der Waals surface area contributed by atoms with Gasteiger partial charge in [-0.05, 0) is 32.4 Å². The molecule has 23 heavy (non-hydrogen) atoms. The third kappa shape index (κ3) is 3.65. The normalized spacial score (nSPS) is 20.4. The third-order valence-corrected chi connectivity index (χ3v) is 4.32. The summed E-state index contributed by atoms with van der Waals surface area (Å²) in [5.74, 6) is -2.49. The highest BCUT2D eigenvalue weighted by molar-refractivity contribution is 5.96. The molecule has 1 unspecified atom stereocenters. The third-order valence-electron chi connectivity index (χ3n) is 4.32. The fourth-order valence-corrected chi connectivity index (χ4v) is 3.04. The molecule has 1 aliphatic rings. The van der Waals surface area contributed by atoms with E-state index in [1.807, 2.05) is 0 Å². The van der Waals surface area contributed by atoms with E-state index in [0.717, 1.165) is 0 Å². The van der Waals surface area contributed by atoms with E-state index >= 15 is 0 Å². The number of hydrogen-bond acceptors (Lipinski definition) is 2. The van der Waals surface area contributed by atoms with Gasteiger partial charge in [-0.3, -0.25) is 9.59 Å². The molecule has 0 aliphatic carbocycles. The van der Waals surface area contributed by atoms with Crippen molar-refractivity contribution in [2.75, 3.05) is 13.1 Å². The number of nitrogens with zero attached hydrogens (tertiary/aromatic N) is 1. The summed E-state index contributed by atoms with van der Waals surface area (Å²) < 4.78 is 39.1. The van der Waals surface area contributed by atoms with Gasteiger partial charge in [0.1, 0.15) is 0 Å². The van der Waals surface area contributed by atoms with Crippen LogP contribution in [0.25, 0.3) is 0 Å². The second kappa shape index (κ2) is 6.22. The number of likely N-dealkylation sites (tertiary alicyclic amines) is 1. The summed E-state index contributed by atoms with van der Waals surface area (Å²) in [5.41, 5.74) is -0.915. The van der Waals surface area contributed by atoms with Gasteiger partial charge in [0.15, 0.2) is 0 Å². The summed E-state index contributed by atoms with van der Waals surface area (Å²) in [7, 11) is 0. The molecule has 2 amide bonds. The van der Waals surface area contributed by atoms with Crippen molar-refractivity contribution in [3.63, 3.8) is 0 Å². The lowest BCUT2D eigenvalue weighted by molar-refractivity contribution is -0.192. The van der Waals surface area contributed by atoms with Crippen molar-refractivity contribution in [2.45, 2.75) is 32.0 Å². The average molecular weight is 328 g/mol. The molecule has 7 heteroatoms. The molecule has 1 aromatic carbocycles. The molecule has 0 aromatic heterocycles. The van der Waals surface area contributed by atoms with Crippen LogP contribution in [0.1, 0.15) is 30.6 Å². The summed E-state index contributed by atoms with van der Waals surface area (Å²) in [6.45, 7) is 2.54. The van der Waals surface area contributed by atoms with E-state index in [0.29, 0.717) is 5.56 Å². The van der Waals surface area contributed by atoms with Gasteiger partial charge in [-0.2, -0.15) is 13.2 Å². The molecule has 0 spiro atoms. The maximum Gasteiger partial charge on any atom is 0.394 e. The molecule has 2 rings (SSSR count). The van der Waals surface area contributed by atoms with Crippen molar-refractivity contribution >= 4 is 11.8 Å². The predicted molar refractivity (Wildman–Crippen MR) is 78.7 cm³/mol. The number of alkyl halides is 3. The molecule has 0 radical (unpaired) electrons. The molecule has 1 N–H and O–H groups in total. The van der Waals surface area contributed by atoms with Gasteiger partial charge in [0, 0.05) is 17.6 Å². The van der Waals surface area contributed by atoms with Crippen LogP contribution in [0.3, 0.4) is 0 Å². The molecule has 0 bridgehead atoms. The van der Waals surface area contributed by atoms with E-state index in [9.17, 15) is 22.8 Å². The lowest BCUT2D eigenvalue weighted by Crippen LogP contribution is -2.52. The van der Waals surface area contributed by atoms with Crippen LogP contribution >= 0.6 is 0 Å². The second-order valence-electron chi connectivity index (χ2n) is 6.13. The van der Waals surface area contributed by atoms with Gasteiger partial charge in [0.05, 0.1) is 12.5 Å². The lowest BCUT2D eigenvalue weighted by Gasteiger charge is -2.36. The second-order valence-corrected chi connectivity index (χ2v) is 6.13. The average Bonchev–Trinajstić information content (AvgIpc) is 2.80. The topological polar surface area (TPSA) is 49.4 Å². The molecule has 4 nitrogen and oxygen atoms in total. The minimum Gasteiger partial charge on any atom is -0.343 e. The maximum atomic E-state index is 13.0. The SMILES string of the molecule is CC1(C)C(C(F)(F)F)CCN1C(=O)CNC(=O)c1ccccc1. The summed E-state index contributed by atoms with van der Waals surface area (Å²) in [6.07, 6.45) is -4.46. The van der Waals surface area contributed by atoms with E-state index in [1.165, 1.54) is 18.7 Å². The summed E-state index contributed by atoms with van der Waals surface area (Å²) in [5, 5.41) is 2.46. The Bertz CT molecular complexity index is 585. The Kier molecular flexibility index (Phi) is 4.68. The monoisotopic (exact) mass is 328 g/mol. The Hall–Kier alpha value is -2.05. The van der Waals surface area contributed by atoms with Crippen LogP contribution < -0.4 is 5.32 Å². The number of benzene rings is 1. The van der Waals surface area contributed by atoms with E-state index in [2.05, 4.69) is 5.32 Å². The largest absolute Gasteiger partial charge is 0.394 e. The quantitative estimate of drug-likeness (QED) is 0.927.